The summed E-state index contributed by atoms with van der Waals surface area (Å²) < 4.78 is 22.6. The molecule has 0 bridgehead atoms. The van der Waals surface area contributed by atoms with Crippen molar-refractivity contribution in [1.29, 1.82) is 0 Å². The van der Waals surface area contributed by atoms with Crippen LogP contribution in [0.25, 0.3) is 0 Å². The third-order valence-electron chi connectivity index (χ3n) is 11.6. The molecule has 2 unspecified atom stereocenters. The number of quaternary nitrogens is 1. The molecule has 0 aliphatic rings. The number of carbonyl (C=O) groups is 3. The van der Waals surface area contributed by atoms with Crippen LogP contribution in [0.5, 0.6) is 0 Å². The minimum atomic E-state index is -1.64. The first-order valence-corrected chi connectivity index (χ1v) is 28.8. The fourth-order valence-corrected chi connectivity index (χ4v) is 7.20. The summed E-state index contributed by atoms with van der Waals surface area (Å²) in [5.74, 6) is -2.35. The SMILES string of the molecule is CC/C=C\C/C=C\C/C=C\C/C=C\C/C=C\C/C=C\C/C=C\C/C=C\C/C=C\C/C=C\CCCCCCC(=O)OC(COC(=O)CCCCCCC/C=C\CCCCCCC)COC(OCC[N+](C)(C)C)C(=O)[O-]. The van der Waals surface area contributed by atoms with E-state index in [-0.39, 0.29) is 38.6 Å². The van der Waals surface area contributed by atoms with Gasteiger partial charge in [-0.3, -0.25) is 9.59 Å². The van der Waals surface area contributed by atoms with E-state index in [0.717, 1.165) is 128 Å². The number of likely N-dealkylation sites (N-methyl/N-ethyl adjacent to an activating group) is 1. The van der Waals surface area contributed by atoms with Crippen molar-refractivity contribution >= 4 is 17.9 Å². The molecule has 0 radical (unpaired) electrons. The molecule has 0 saturated carbocycles. The number of rotatable bonds is 51. The van der Waals surface area contributed by atoms with Gasteiger partial charge in [0, 0.05) is 12.8 Å². The van der Waals surface area contributed by atoms with Crippen LogP contribution < -0.4 is 5.11 Å². The lowest BCUT2D eigenvalue weighted by atomic mass is 10.1. The molecule has 0 aromatic rings. The first-order valence-electron chi connectivity index (χ1n) is 28.8. The fourth-order valence-electron chi connectivity index (χ4n) is 7.20. The van der Waals surface area contributed by atoms with Crippen molar-refractivity contribution in [1.82, 2.24) is 0 Å². The van der Waals surface area contributed by atoms with Crippen molar-refractivity contribution in [3.8, 4) is 0 Å². The van der Waals surface area contributed by atoms with E-state index in [4.69, 9.17) is 18.9 Å². The van der Waals surface area contributed by atoms with Crippen molar-refractivity contribution in [2.24, 2.45) is 0 Å². The monoisotopic (exact) mass is 1030 g/mol. The van der Waals surface area contributed by atoms with Gasteiger partial charge in [-0.05, 0) is 116 Å². The summed E-state index contributed by atoms with van der Waals surface area (Å²) in [6.07, 6.45) is 75.0. The number of carboxylic acids is 1. The molecule has 0 aliphatic carbocycles. The van der Waals surface area contributed by atoms with Gasteiger partial charge in [-0.1, -0.05) is 205 Å². The Morgan fingerprint density at radius 3 is 1.16 bits per heavy atom. The molecule has 0 spiro atoms. The van der Waals surface area contributed by atoms with Crippen LogP contribution in [-0.2, 0) is 33.3 Å². The number of carboxylic acid groups (broad SMARTS) is 1. The molecule has 0 saturated heterocycles. The van der Waals surface area contributed by atoms with Crippen molar-refractivity contribution in [2.45, 2.75) is 212 Å². The first-order chi connectivity index (χ1) is 36.1. The minimum absolute atomic E-state index is 0.134. The largest absolute Gasteiger partial charge is 0.545 e. The van der Waals surface area contributed by atoms with Crippen LogP contribution in [0.2, 0.25) is 0 Å². The Bertz CT molecular complexity index is 1670. The van der Waals surface area contributed by atoms with E-state index in [1.807, 2.05) is 21.1 Å². The summed E-state index contributed by atoms with van der Waals surface area (Å²) in [5.41, 5.74) is 0. The summed E-state index contributed by atoms with van der Waals surface area (Å²) in [5, 5.41) is 11.8. The molecule has 0 aromatic heterocycles. The van der Waals surface area contributed by atoms with E-state index >= 15 is 0 Å². The van der Waals surface area contributed by atoms with Crippen molar-refractivity contribution in [3.05, 3.63) is 134 Å². The summed E-state index contributed by atoms with van der Waals surface area (Å²) in [6, 6.07) is 0. The molecule has 0 aromatic carbocycles. The number of ether oxygens (including phenoxy) is 4. The summed E-state index contributed by atoms with van der Waals surface area (Å²) >= 11 is 0. The molecule has 9 heteroatoms. The molecule has 0 N–H and O–H groups in total. The number of carbonyl (C=O) groups excluding carboxylic acids is 3. The lowest BCUT2D eigenvalue weighted by Crippen LogP contribution is -2.44. The Morgan fingerprint density at radius 2 is 0.770 bits per heavy atom. The lowest BCUT2D eigenvalue weighted by Gasteiger charge is -2.26. The number of aliphatic carboxylic acids is 1. The maximum absolute atomic E-state index is 12.8. The molecule has 9 nitrogen and oxygen atoms in total. The van der Waals surface area contributed by atoms with Crippen LogP contribution in [0.4, 0.5) is 0 Å². The molecule has 0 fully saturated rings. The number of nitrogens with zero attached hydrogens (tertiary/aromatic N) is 1. The van der Waals surface area contributed by atoms with E-state index < -0.39 is 24.3 Å². The number of hydrogen-bond donors (Lipinski definition) is 0. The van der Waals surface area contributed by atoms with Gasteiger partial charge in [0.15, 0.2) is 12.4 Å². The Morgan fingerprint density at radius 1 is 0.419 bits per heavy atom. The van der Waals surface area contributed by atoms with Gasteiger partial charge in [0.2, 0.25) is 0 Å². The number of hydrogen-bond acceptors (Lipinski definition) is 8. The highest BCUT2D eigenvalue weighted by molar-refractivity contribution is 5.70. The highest BCUT2D eigenvalue weighted by Gasteiger charge is 2.22. The maximum Gasteiger partial charge on any atom is 0.306 e. The fraction of sp³-hybridized carbons (Fsp3) is 0.615. The summed E-state index contributed by atoms with van der Waals surface area (Å²) in [7, 11) is 5.89. The normalized spacial score (nSPS) is 13.8. The molecule has 0 amide bonds. The van der Waals surface area contributed by atoms with Crippen LogP contribution in [0.15, 0.2) is 134 Å². The Balaban J connectivity index is 4.31. The zero-order chi connectivity index (χ0) is 54.1. The van der Waals surface area contributed by atoms with E-state index in [1.165, 1.54) is 38.5 Å². The van der Waals surface area contributed by atoms with Crippen LogP contribution in [0.1, 0.15) is 200 Å². The van der Waals surface area contributed by atoms with Gasteiger partial charge in [0.05, 0.1) is 40.3 Å². The van der Waals surface area contributed by atoms with Gasteiger partial charge in [-0.25, -0.2) is 0 Å². The van der Waals surface area contributed by atoms with Crippen LogP contribution in [0.3, 0.4) is 0 Å². The van der Waals surface area contributed by atoms with E-state index in [1.54, 1.807) is 0 Å². The minimum Gasteiger partial charge on any atom is -0.545 e. The van der Waals surface area contributed by atoms with Crippen molar-refractivity contribution in [3.63, 3.8) is 0 Å². The average molecular weight is 1030 g/mol. The predicted octanol–water partition coefficient (Wildman–Crippen LogP) is 15.7. The lowest BCUT2D eigenvalue weighted by molar-refractivity contribution is -0.870. The number of allylic oxidation sites excluding steroid dienone is 22. The number of unbranched alkanes of at least 4 members (excludes halogenated alkanes) is 14. The van der Waals surface area contributed by atoms with Crippen molar-refractivity contribution in [2.75, 3.05) is 47.5 Å². The van der Waals surface area contributed by atoms with Crippen LogP contribution in [-0.4, -0.2) is 82.3 Å². The van der Waals surface area contributed by atoms with E-state index in [9.17, 15) is 19.5 Å². The molecule has 0 heterocycles. The molecule has 2 atom stereocenters. The smallest absolute Gasteiger partial charge is 0.306 e. The van der Waals surface area contributed by atoms with E-state index in [0.29, 0.717) is 17.4 Å². The maximum atomic E-state index is 12.8. The predicted molar refractivity (Wildman–Crippen MR) is 310 cm³/mol. The third kappa shape index (κ3) is 55.2. The van der Waals surface area contributed by atoms with E-state index in [2.05, 4.69) is 148 Å². The zero-order valence-corrected chi connectivity index (χ0v) is 47.4. The van der Waals surface area contributed by atoms with Gasteiger partial charge >= 0.3 is 11.9 Å². The second kappa shape index (κ2) is 54.7. The number of esters is 2. The Kier molecular flexibility index (Phi) is 51.3. The second-order valence-electron chi connectivity index (χ2n) is 19.8. The molecule has 74 heavy (non-hydrogen) atoms. The van der Waals surface area contributed by atoms with Crippen LogP contribution >= 0.6 is 0 Å². The molecule has 0 rings (SSSR count). The van der Waals surface area contributed by atoms with Gasteiger partial charge < -0.3 is 33.3 Å². The zero-order valence-electron chi connectivity index (χ0n) is 47.4. The van der Waals surface area contributed by atoms with Gasteiger partial charge in [-0.2, -0.15) is 0 Å². The Labute approximate surface area is 452 Å². The van der Waals surface area contributed by atoms with Gasteiger partial charge in [0.1, 0.15) is 13.2 Å². The molecular formula is C65H105NO8. The topological polar surface area (TPSA) is 111 Å². The van der Waals surface area contributed by atoms with Gasteiger partial charge in [0.25, 0.3) is 0 Å². The standard InChI is InChI=1S/C65H105NO8/c1-6-8-10-12-14-16-18-20-22-23-24-25-26-27-28-29-30-31-32-33-34-35-36-37-38-39-40-41-42-44-46-48-50-52-54-56-63(68)74-61(60-73-65(64(69)70)71-58-57-66(3,4)5)59-72-62(67)55-53-51-49-47-45-43-21-19-17-15-13-11-9-7-2/h8,10,14,16,19-22,24-25,27-28,30-31,33-34,36-37,39-40,42,44,61,65H,6-7,9,11-13,15,17-18,23,26,29,32,35,38,41,43,45-60H2,1-5H3/b10-8-,16-14-,21-19-,22-20-,25-24-,28-27-,31-30-,34-33-,37-36-,40-39-,44-42-. The highest BCUT2D eigenvalue weighted by atomic mass is 16.7. The van der Waals surface area contributed by atoms with Crippen molar-refractivity contribution < 1.29 is 42.9 Å². The van der Waals surface area contributed by atoms with Crippen LogP contribution in [0, 0.1) is 0 Å². The third-order valence-corrected chi connectivity index (χ3v) is 11.6. The Hall–Kier alpha value is -4.57. The first kappa shape index (κ1) is 69.4. The summed E-state index contributed by atoms with van der Waals surface area (Å²) in [6.45, 7) is 4.55. The molecular weight excluding hydrogens is 923 g/mol. The quantitative estimate of drug-likeness (QED) is 0.0195. The molecule has 418 valence electrons. The molecule has 0 aliphatic heterocycles. The average Bonchev–Trinajstić information content (AvgIpc) is 3.37. The highest BCUT2D eigenvalue weighted by Crippen LogP contribution is 2.13. The second-order valence-corrected chi connectivity index (χ2v) is 19.8. The summed E-state index contributed by atoms with van der Waals surface area (Å²) in [4.78, 5) is 37.2. The van der Waals surface area contributed by atoms with Gasteiger partial charge in [-0.15, -0.1) is 0 Å².